The standard InChI is InChI=1S/C25H21N3O2/c29-23(26-17-25(15-16-25)18-9-3-1-4-10-18)22-20-13-7-8-14-21(20)24(30)28(27-22)19-11-5-2-6-12-19/h1-14H,15-17H2,(H,26,29). The number of fused-ring (bicyclic) bond motifs is 1. The van der Waals surface area contributed by atoms with E-state index in [-0.39, 0.29) is 22.6 Å². The van der Waals surface area contributed by atoms with Gasteiger partial charge in [0.25, 0.3) is 11.5 Å². The molecule has 3 aromatic carbocycles. The molecule has 0 aliphatic heterocycles. The first-order valence-corrected chi connectivity index (χ1v) is 10.1. The molecule has 1 amide bonds. The van der Waals surface area contributed by atoms with E-state index in [0.717, 1.165) is 12.8 Å². The smallest absolute Gasteiger partial charge is 0.279 e. The number of para-hydroxylation sites is 1. The molecular formula is C25H21N3O2. The second kappa shape index (κ2) is 7.26. The number of nitrogens with zero attached hydrogens (tertiary/aromatic N) is 2. The van der Waals surface area contributed by atoms with E-state index in [9.17, 15) is 9.59 Å². The minimum absolute atomic E-state index is 0.000597. The molecule has 1 aromatic heterocycles. The molecule has 30 heavy (non-hydrogen) atoms. The van der Waals surface area contributed by atoms with Crippen molar-refractivity contribution in [2.75, 3.05) is 6.54 Å². The first-order valence-electron chi connectivity index (χ1n) is 10.1. The van der Waals surface area contributed by atoms with Gasteiger partial charge in [-0.3, -0.25) is 9.59 Å². The Morgan fingerprint density at radius 1 is 0.867 bits per heavy atom. The Hall–Kier alpha value is -3.73. The maximum absolute atomic E-state index is 13.2. The molecule has 1 saturated carbocycles. The minimum Gasteiger partial charge on any atom is -0.350 e. The van der Waals surface area contributed by atoms with Crippen LogP contribution in [0.5, 0.6) is 0 Å². The lowest BCUT2D eigenvalue weighted by molar-refractivity contribution is 0.0945. The molecule has 1 aliphatic carbocycles. The van der Waals surface area contributed by atoms with Gasteiger partial charge in [0, 0.05) is 17.3 Å². The summed E-state index contributed by atoms with van der Waals surface area (Å²) < 4.78 is 1.31. The van der Waals surface area contributed by atoms with Crippen LogP contribution in [0.3, 0.4) is 0 Å². The molecule has 0 radical (unpaired) electrons. The SMILES string of the molecule is O=C(NCC1(c2ccccc2)CC1)c1nn(-c2ccccc2)c(=O)c2ccccc12. The van der Waals surface area contributed by atoms with Crippen LogP contribution in [0.15, 0.2) is 89.7 Å². The normalized spacial score (nSPS) is 14.4. The highest BCUT2D eigenvalue weighted by molar-refractivity contribution is 6.04. The maximum Gasteiger partial charge on any atom is 0.279 e. The molecule has 0 atom stereocenters. The first kappa shape index (κ1) is 18.3. The van der Waals surface area contributed by atoms with Crippen LogP contribution in [-0.4, -0.2) is 22.2 Å². The van der Waals surface area contributed by atoms with E-state index in [1.807, 2.05) is 42.5 Å². The van der Waals surface area contributed by atoms with Crippen molar-refractivity contribution in [3.05, 3.63) is 107 Å². The van der Waals surface area contributed by atoms with Crippen molar-refractivity contribution in [2.45, 2.75) is 18.3 Å². The summed E-state index contributed by atoms with van der Waals surface area (Å²) in [7, 11) is 0. The van der Waals surface area contributed by atoms with E-state index in [4.69, 9.17) is 0 Å². The monoisotopic (exact) mass is 395 g/mol. The zero-order valence-corrected chi connectivity index (χ0v) is 16.4. The van der Waals surface area contributed by atoms with Crippen LogP contribution in [0.1, 0.15) is 28.9 Å². The lowest BCUT2D eigenvalue weighted by atomic mass is 9.96. The van der Waals surface area contributed by atoms with Crippen LogP contribution >= 0.6 is 0 Å². The molecule has 148 valence electrons. The number of amides is 1. The summed E-state index contributed by atoms with van der Waals surface area (Å²) in [6.07, 6.45) is 2.10. The molecule has 0 saturated heterocycles. The minimum atomic E-state index is -0.266. The molecule has 5 nitrogen and oxygen atoms in total. The van der Waals surface area contributed by atoms with E-state index in [0.29, 0.717) is 23.0 Å². The van der Waals surface area contributed by atoms with Gasteiger partial charge < -0.3 is 5.32 Å². The zero-order valence-electron chi connectivity index (χ0n) is 16.4. The van der Waals surface area contributed by atoms with E-state index in [1.54, 1.807) is 30.3 Å². The number of benzene rings is 3. The number of aromatic nitrogens is 2. The predicted octanol–water partition coefficient (Wildman–Crippen LogP) is 3.85. The van der Waals surface area contributed by atoms with Gasteiger partial charge >= 0.3 is 0 Å². The van der Waals surface area contributed by atoms with Crippen molar-refractivity contribution < 1.29 is 4.79 Å². The van der Waals surface area contributed by atoms with Gasteiger partial charge in [-0.15, -0.1) is 0 Å². The first-order chi connectivity index (χ1) is 14.7. The number of rotatable bonds is 5. The van der Waals surface area contributed by atoms with Crippen LogP contribution in [0.25, 0.3) is 16.5 Å². The Labute approximate surface area is 174 Å². The van der Waals surface area contributed by atoms with Gasteiger partial charge in [0.1, 0.15) is 0 Å². The fourth-order valence-electron chi connectivity index (χ4n) is 3.94. The Balaban J connectivity index is 1.51. The van der Waals surface area contributed by atoms with Crippen molar-refractivity contribution in [1.29, 1.82) is 0 Å². The van der Waals surface area contributed by atoms with E-state index in [1.165, 1.54) is 10.2 Å². The number of hydrogen-bond acceptors (Lipinski definition) is 3. The second-order valence-electron chi connectivity index (χ2n) is 7.78. The highest BCUT2D eigenvalue weighted by Gasteiger charge is 2.44. The summed E-state index contributed by atoms with van der Waals surface area (Å²) in [6.45, 7) is 0.552. The summed E-state index contributed by atoms with van der Waals surface area (Å²) in [4.78, 5) is 26.2. The van der Waals surface area contributed by atoms with E-state index >= 15 is 0 Å². The summed E-state index contributed by atoms with van der Waals surface area (Å²) in [6, 6.07) is 26.6. The summed E-state index contributed by atoms with van der Waals surface area (Å²) in [5.74, 6) is -0.266. The molecule has 5 heteroatoms. The van der Waals surface area contributed by atoms with E-state index < -0.39 is 0 Å². The van der Waals surface area contributed by atoms with Crippen molar-refractivity contribution in [3.63, 3.8) is 0 Å². The molecule has 1 N–H and O–H groups in total. The number of carbonyl (C=O) groups is 1. The number of nitrogens with one attached hydrogen (secondary N) is 1. The Kier molecular flexibility index (Phi) is 4.43. The molecular weight excluding hydrogens is 374 g/mol. The molecule has 0 unspecified atom stereocenters. The topological polar surface area (TPSA) is 64.0 Å². The van der Waals surface area contributed by atoms with Crippen LogP contribution in [0.4, 0.5) is 0 Å². The van der Waals surface area contributed by atoms with Gasteiger partial charge in [-0.05, 0) is 36.6 Å². The number of hydrogen-bond donors (Lipinski definition) is 1. The third-order valence-electron chi connectivity index (χ3n) is 5.85. The third kappa shape index (κ3) is 3.18. The second-order valence-corrected chi connectivity index (χ2v) is 7.78. The molecule has 5 rings (SSSR count). The maximum atomic E-state index is 13.2. The molecule has 1 heterocycles. The van der Waals surface area contributed by atoms with Crippen LogP contribution in [-0.2, 0) is 5.41 Å². The van der Waals surface area contributed by atoms with Crippen LogP contribution < -0.4 is 10.9 Å². The van der Waals surface area contributed by atoms with Gasteiger partial charge in [0.2, 0.25) is 0 Å². The fraction of sp³-hybridized carbons (Fsp3) is 0.160. The van der Waals surface area contributed by atoms with E-state index in [2.05, 4.69) is 22.5 Å². The molecule has 1 fully saturated rings. The van der Waals surface area contributed by atoms with Gasteiger partial charge in [-0.1, -0.05) is 66.7 Å². The van der Waals surface area contributed by atoms with Gasteiger partial charge in [0.05, 0.1) is 11.1 Å². The third-order valence-corrected chi connectivity index (χ3v) is 5.85. The highest BCUT2D eigenvalue weighted by atomic mass is 16.2. The van der Waals surface area contributed by atoms with Gasteiger partial charge in [-0.2, -0.15) is 9.78 Å². The number of carbonyl (C=O) groups excluding carboxylic acids is 1. The van der Waals surface area contributed by atoms with Crippen molar-refractivity contribution in [2.24, 2.45) is 0 Å². The summed E-state index contributed by atoms with van der Waals surface area (Å²) in [5.41, 5.74) is 1.90. The Morgan fingerprint density at radius 3 is 2.13 bits per heavy atom. The van der Waals surface area contributed by atoms with Crippen molar-refractivity contribution in [1.82, 2.24) is 15.1 Å². The largest absolute Gasteiger partial charge is 0.350 e. The average molecular weight is 395 g/mol. The molecule has 4 aromatic rings. The fourth-order valence-corrected chi connectivity index (χ4v) is 3.94. The quantitative estimate of drug-likeness (QED) is 0.558. The lowest BCUT2D eigenvalue weighted by Crippen LogP contribution is -2.34. The predicted molar refractivity (Wildman–Crippen MR) is 117 cm³/mol. The lowest BCUT2D eigenvalue weighted by Gasteiger charge is -2.17. The highest BCUT2D eigenvalue weighted by Crippen LogP contribution is 2.47. The Bertz CT molecular complexity index is 1280. The zero-order chi connectivity index (χ0) is 20.6. The van der Waals surface area contributed by atoms with Gasteiger partial charge in [0.15, 0.2) is 5.69 Å². The van der Waals surface area contributed by atoms with Crippen molar-refractivity contribution in [3.8, 4) is 5.69 Å². The van der Waals surface area contributed by atoms with Crippen molar-refractivity contribution >= 4 is 16.7 Å². The van der Waals surface area contributed by atoms with Crippen LogP contribution in [0.2, 0.25) is 0 Å². The average Bonchev–Trinajstić information content (AvgIpc) is 3.60. The molecule has 0 bridgehead atoms. The van der Waals surface area contributed by atoms with Gasteiger partial charge in [-0.25, -0.2) is 0 Å². The molecule has 1 aliphatic rings. The Morgan fingerprint density at radius 2 is 1.47 bits per heavy atom. The van der Waals surface area contributed by atoms with Crippen LogP contribution in [0, 0.1) is 0 Å². The summed E-state index contributed by atoms with van der Waals surface area (Å²) in [5, 5.41) is 8.57. The summed E-state index contributed by atoms with van der Waals surface area (Å²) >= 11 is 0. The molecule has 0 spiro atoms.